The highest BCUT2D eigenvalue weighted by Gasteiger charge is 2.31. The monoisotopic (exact) mass is 353 g/mol. The molecule has 2 rings (SSSR count). The first-order valence-corrected chi connectivity index (χ1v) is 9.79. The maximum absolute atomic E-state index is 12.2. The van der Waals surface area contributed by atoms with Crippen molar-refractivity contribution in [2.45, 2.75) is 52.0 Å². The minimum Gasteiger partial charge on any atom is -0.383 e. The third-order valence-corrected chi connectivity index (χ3v) is 5.42. The lowest BCUT2D eigenvalue weighted by Crippen LogP contribution is -2.50. The van der Waals surface area contributed by atoms with Crippen molar-refractivity contribution in [1.82, 2.24) is 15.1 Å². The highest BCUT2D eigenvalue weighted by atomic mass is 16.5. The van der Waals surface area contributed by atoms with Crippen LogP contribution < -0.4 is 5.32 Å². The molecular formula is C19H35N3O3. The van der Waals surface area contributed by atoms with Crippen LogP contribution in [-0.2, 0) is 14.3 Å². The van der Waals surface area contributed by atoms with Gasteiger partial charge in [-0.25, -0.2) is 0 Å². The second-order valence-electron chi connectivity index (χ2n) is 7.80. The second-order valence-corrected chi connectivity index (χ2v) is 7.80. The van der Waals surface area contributed by atoms with Crippen molar-refractivity contribution in [3.8, 4) is 0 Å². The molecule has 2 heterocycles. The third-order valence-electron chi connectivity index (χ3n) is 5.42. The number of rotatable bonds is 7. The van der Waals surface area contributed by atoms with E-state index >= 15 is 0 Å². The van der Waals surface area contributed by atoms with Gasteiger partial charge in [0.05, 0.1) is 6.61 Å². The van der Waals surface area contributed by atoms with Crippen LogP contribution in [0.5, 0.6) is 0 Å². The van der Waals surface area contributed by atoms with Crippen molar-refractivity contribution in [2.24, 2.45) is 11.8 Å². The average Bonchev–Trinajstić information content (AvgIpc) is 2.61. The van der Waals surface area contributed by atoms with Crippen LogP contribution in [0.3, 0.4) is 0 Å². The predicted octanol–water partition coefficient (Wildman–Crippen LogP) is 1.50. The molecule has 0 saturated carbocycles. The summed E-state index contributed by atoms with van der Waals surface area (Å²) in [5.41, 5.74) is 0. The molecule has 1 N–H and O–H groups in total. The Bertz CT molecular complexity index is 426. The molecule has 0 atom stereocenters. The van der Waals surface area contributed by atoms with Crippen molar-refractivity contribution in [3.63, 3.8) is 0 Å². The molecule has 2 aliphatic heterocycles. The van der Waals surface area contributed by atoms with E-state index in [1.807, 2.05) is 4.90 Å². The molecular weight excluding hydrogens is 318 g/mol. The van der Waals surface area contributed by atoms with Gasteiger partial charge in [0.1, 0.15) is 0 Å². The normalized spacial score (nSPS) is 20.9. The fourth-order valence-electron chi connectivity index (χ4n) is 3.91. The van der Waals surface area contributed by atoms with E-state index < -0.39 is 0 Å². The summed E-state index contributed by atoms with van der Waals surface area (Å²) in [6, 6.07) is 0.570. The maximum Gasteiger partial charge on any atom is 0.223 e. The number of likely N-dealkylation sites (tertiary alicyclic amines) is 2. The van der Waals surface area contributed by atoms with Crippen LogP contribution in [0.25, 0.3) is 0 Å². The van der Waals surface area contributed by atoms with E-state index in [-0.39, 0.29) is 11.8 Å². The van der Waals surface area contributed by atoms with E-state index in [1.54, 1.807) is 7.11 Å². The number of carbonyl (C=O) groups excluding carboxylic acids is 2. The van der Waals surface area contributed by atoms with Gasteiger partial charge in [0, 0.05) is 45.1 Å². The molecule has 0 aromatic carbocycles. The number of piperidine rings is 2. The summed E-state index contributed by atoms with van der Waals surface area (Å²) in [7, 11) is 1.65. The lowest BCUT2D eigenvalue weighted by atomic mass is 9.92. The van der Waals surface area contributed by atoms with Gasteiger partial charge in [-0.3, -0.25) is 9.59 Å². The van der Waals surface area contributed by atoms with Gasteiger partial charge >= 0.3 is 0 Å². The first-order chi connectivity index (χ1) is 12.0. The molecule has 6 heteroatoms. The van der Waals surface area contributed by atoms with Crippen LogP contribution >= 0.6 is 0 Å². The highest BCUT2D eigenvalue weighted by Crippen LogP contribution is 2.24. The van der Waals surface area contributed by atoms with Crippen molar-refractivity contribution in [2.75, 3.05) is 46.4 Å². The van der Waals surface area contributed by atoms with Crippen molar-refractivity contribution >= 4 is 11.8 Å². The van der Waals surface area contributed by atoms with Crippen LogP contribution in [0, 0.1) is 11.8 Å². The van der Waals surface area contributed by atoms with Crippen LogP contribution in [0.2, 0.25) is 0 Å². The number of ether oxygens (including phenoxy) is 1. The molecule has 2 amide bonds. The Morgan fingerprint density at radius 1 is 1.08 bits per heavy atom. The lowest BCUT2D eigenvalue weighted by Gasteiger charge is -2.41. The van der Waals surface area contributed by atoms with Crippen LogP contribution in [0.15, 0.2) is 0 Å². The fourth-order valence-corrected chi connectivity index (χ4v) is 3.91. The zero-order chi connectivity index (χ0) is 18.2. The average molecular weight is 354 g/mol. The summed E-state index contributed by atoms with van der Waals surface area (Å²) in [6.45, 7) is 9.11. The Labute approximate surface area is 152 Å². The molecule has 0 spiro atoms. The van der Waals surface area contributed by atoms with Gasteiger partial charge < -0.3 is 19.9 Å². The van der Waals surface area contributed by atoms with Crippen LogP contribution in [0.1, 0.15) is 46.0 Å². The molecule has 0 radical (unpaired) electrons. The number of hydrogen-bond donors (Lipinski definition) is 1. The number of carbonyl (C=O) groups is 2. The van der Waals surface area contributed by atoms with Crippen LogP contribution in [0.4, 0.5) is 0 Å². The SMILES string of the molecule is COCCNC(=O)C1CCN(C2CCN(C(=O)CC(C)C)CC2)CC1. The molecule has 0 bridgehead atoms. The van der Waals surface area contributed by atoms with E-state index in [0.717, 1.165) is 51.9 Å². The van der Waals surface area contributed by atoms with Crippen molar-refractivity contribution in [1.29, 1.82) is 0 Å². The Hall–Kier alpha value is -1.14. The smallest absolute Gasteiger partial charge is 0.223 e. The Morgan fingerprint density at radius 2 is 1.72 bits per heavy atom. The van der Waals surface area contributed by atoms with Gasteiger partial charge in [0.25, 0.3) is 0 Å². The Morgan fingerprint density at radius 3 is 2.28 bits per heavy atom. The molecule has 144 valence electrons. The zero-order valence-corrected chi connectivity index (χ0v) is 16.1. The second kappa shape index (κ2) is 10.1. The molecule has 0 unspecified atom stereocenters. The molecule has 0 aromatic rings. The third kappa shape index (κ3) is 6.26. The Balaban J connectivity index is 1.68. The summed E-state index contributed by atoms with van der Waals surface area (Å²) in [4.78, 5) is 28.9. The summed E-state index contributed by atoms with van der Waals surface area (Å²) >= 11 is 0. The number of nitrogens with one attached hydrogen (secondary N) is 1. The largest absolute Gasteiger partial charge is 0.383 e. The molecule has 0 aliphatic carbocycles. The molecule has 25 heavy (non-hydrogen) atoms. The molecule has 0 aromatic heterocycles. The van der Waals surface area contributed by atoms with Gasteiger partial charge in [0.15, 0.2) is 0 Å². The van der Waals surface area contributed by atoms with Crippen LogP contribution in [-0.4, -0.2) is 74.1 Å². The van der Waals surface area contributed by atoms with Crippen molar-refractivity contribution in [3.05, 3.63) is 0 Å². The van der Waals surface area contributed by atoms with E-state index in [2.05, 4.69) is 24.1 Å². The van der Waals surface area contributed by atoms with E-state index in [1.165, 1.54) is 0 Å². The fraction of sp³-hybridized carbons (Fsp3) is 0.895. The molecule has 2 fully saturated rings. The van der Waals surface area contributed by atoms with Gasteiger partial charge in [0.2, 0.25) is 11.8 Å². The molecule has 2 saturated heterocycles. The summed E-state index contributed by atoms with van der Waals surface area (Å²) in [5.74, 6) is 1.05. The van der Waals surface area contributed by atoms with Crippen molar-refractivity contribution < 1.29 is 14.3 Å². The topological polar surface area (TPSA) is 61.9 Å². The number of hydrogen-bond acceptors (Lipinski definition) is 4. The highest BCUT2D eigenvalue weighted by molar-refractivity contribution is 5.78. The van der Waals surface area contributed by atoms with E-state index in [4.69, 9.17) is 4.74 Å². The summed E-state index contributed by atoms with van der Waals surface area (Å²) < 4.78 is 4.97. The predicted molar refractivity (Wildman–Crippen MR) is 98.2 cm³/mol. The Kier molecular flexibility index (Phi) is 8.16. The van der Waals surface area contributed by atoms with Gasteiger partial charge in [-0.1, -0.05) is 13.8 Å². The quantitative estimate of drug-likeness (QED) is 0.705. The lowest BCUT2D eigenvalue weighted by molar-refractivity contribution is -0.134. The van der Waals surface area contributed by atoms with Gasteiger partial charge in [-0.15, -0.1) is 0 Å². The first kappa shape index (κ1) is 20.2. The maximum atomic E-state index is 12.2. The molecule has 2 aliphatic rings. The van der Waals surface area contributed by atoms with Gasteiger partial charge in [-0.2, -0.15) is 0 Å². The standard InChI is InChI=1S/C19H35N3O3/c1-15(2)14-18(23)22-11-6-17(7-12-22)21-9-4-16(5-10-21)19(24)20-8-13-25-3/h15-17H,4-14H2,1-3H3,(H,20,24). The first-order valence-electron chi connectivity index (χ1n) is 9.79. The summed E-state index contributed by atoms with van der Waals surface area (Å²) in [6.07, 6.45) is 4.66. The summed E-state index contributed by atoms with van der Waals surface area (Å²) in [5, 5.41) is 2.95. The van der Waals surface area contributed by atoms with E-state index in [9.17, 15) is 9.59 Å². The minimum absolute atomic E-state index is 0.140. The van der Waals surface area contributed by atoms with Gasteiger partial charge in [-0.05, 0) is 44.7 Å². The number of methoxy groups -OCH3 is 1. The van der Waals surface area contributed by atoms with E-state index in [0.29, 0.717) is 37.4 Å². The number of amides is 2. The minimum atomic E-state index is 0.140. The zero-order valence-electron chi connectivity index (χ0n) is 16.1. The number of nitrogens with zero attached hydrogens (tertiary/aromatic N) is 2. The molecule has 6 nitrogen and oxygen atoms in total.